The minimum Gasteiger partial charge on any atom is -0.525 e. The molecular formula is C27H34BClO2. The van der Waals surface area contributed by atoms with E-state index >= 15 is 0 Å². The van der Waals surface area contributed by atoms with E-state index in [0.29, 0.717) is 0 Å². The first-order valence-corrected chi connectivity index (χ1v) is 12.5. The van der Waals surface area contributed by atoms with Crippen LogP contribution in [0.15, 0.2) is 48.9 Å². The van der Waals surface area contributed by atoms with Gasteiger partial charge in [0.2, 0.25) is 0 Å². The zero-order valence-electron chi connectivity index (χ0n) is 19.0. The zero-order valence-corrected chi connectivity index (χ0v) is 19.7. The van der Waals surface area contributed by atoms with Gasteiger partial charge in [-0.2, -0.15) is 0 Å². The molecular weight excluding hydrogens is 403 g/mol. The molecule has 164 valence electrons. The van der Waals surface area contributed by atoms with Gasteiger partial charge in [0.25, 0.3) is 0 Å². The highest BCUT2D eigenvalue weighted by molar-refractivity contribution is 6.62. The van der Waals surface area contributed by atoms with Crippen LogP contribution in [0.1, 0.15) is 89.2 Å². The van der Waals surface area contributed by atoms with Gasteiger partial charge in [0.05, 0.1) is 12.5 Å². The Morgan fingerprint density at radius 3 is 1.94 bits per heavy atom. The number of hydrogen-bond donors (Lipinski definition) is 0. The summed E-state index contributed by atoms with van der Waals surface area (Å²) in [5, 5.41) is 0.838. The maximum Gasteiger partial charge on any atom is 0.632 e. The van der Waals surface area contributed by atoms with E-state index in [2.05, 4.69) is 44.2 Å². The Bertz CT molecular complexity index is 903. The van der Waals surface area contributed by atoms with Crippen LogP contribution >= 0.6 is 11.6 Å². The molecule has 2 aromatic rings. The van der Waals surface area contributed by atoms with Gasteiger partial charge in [-0.05, 0) is 47.2 Å². The Morgan fingerprint density at radius 1 is 0.742 bits per heavy atom. The summed E-state index contributed by atoms with van der Waals surface area (Å²) in [5.74, 6) is 0. The number of rotatable bonds is 11. The predicted molar refractivity (Wildman–Crippen MR) is 132 cm³/mol. The SMILES string of the molecule is CCCCCCC1(CCCCCC)c2cc(Cl)ccc2-c2ccc(B3OC=CO3)cc21. The van der Waals surface area contributed by atoms with Crippen molar-refractivity contribution < 1.29 is 9.31 Å². The molecule has 0 unspecified atom stereocenters. The third-order valence-electron chi connectivity index (χ3n) is 6.99. The summed E-state index contributed by atoms with van der Waals surface area (Å²) in [4.78, 5) is 0. The van der Waals surface area contributed by atoms with Crippen molar-refractivity contribution in [3.63, 3.8) is 0 Å². The third kappa shape index (κ3) is 4.53. The van der Waals surface area contributed by atoms with Crippen molar-refractivity contribution in [2.75, 3.05) is 0 Å². The molecule has 2 nitrogen and oxygen atoms in total. The lowest BCUT2D eigenvalue weighted by Gasteiger charge is -2.33. The molecule has 0 aromatic heterocycles. The van der Waals surface area contributed by atoms with Crippen LogP contribution in [-0.2, 0) is 14.7 Å². The number of halogens is 1. The smallest absolute Gasteiger partial charge is 0.525 e. The lowest BCUT2D eigenvalue weighted by Crippen LogP contribution is -2.34. The second kappa shape index (κ2) is 10.2. The quantitative estimate of drug-likeness (QED) is 0.264. The molecule has 0 atom stereocenters. The maximum atomic E-state index is 6.55. The van der Waals surface area contributed by atoms with E-state index in [0.717, 1.165) is 10.5 Å². The normalized spacial score (nSPS) is 15.5. The highest BCUT2D eigenvalue weighted by atomic mass is 35.5. The topological polar surface area (TPSA) is 18.5 Å². The van der Waals surface area contributed by atoms with Gasteiger partial charge in [0.1, 0.15) is 0 Å². The van der Waals surface area contributed by atoms with Crippen LogP contribution in [-0.4, -0.2) is 7.12 Å². The van der Waals surface area contributed by atoms with Gasteiger partial charge in [0, 0.05) is 15.9 Å². The van der Waals surface area contributed by atoms with E-state index in [-0.39, 0.29) is 12.5 Å². The van der Waals surface area contributed by atoms with E-state index in [1.807, 2.05) is 6.07 Å². The van der Waals surface area contributed by atoms with Gasteiger partial charge < -0.3 is 9.31 Å². The molecule has 0 saturated carbocycles. The largest absolute Gasteiger partial charge is 0.632 e. The molecule has 4 rings (SSSR count). The highest BCUT2D eigenvalue weighted by Crippen LogP contribution is 2.54. The molecule has 0 amide bonds. The molecule has 0 bridgehead atoms. The average molecular weight is 437 g/mol. The van der Waals surface area contributed by atoms with Crippen molar-refractivity contribution >= 4 is 24.2 Å². The fraction of sp³-hybridized carbons (Fsp3) is 0.481. The number of unbranched alkanes of at least 4 members (excludes halogenated alkanes) is 6. The molecule has 4 heteroatoms. The Labute approximate surface area is 193 Å². The summed E-state index contributed by atoms with van der Waals surface area (Å²) in [7, 11) is -0.338. The van der Waals surface area contributed by atoms with Crippen molar-refractivity contribution in [1.29, 1.82) is 0 Å². The summed E-state index contributed by atoms with van der Waals surface area (Å²) in [6.07, 6.45) is 15.8. The predicted octanol–water partition coefficient (Wildman–Crippen LogP) is 7.76. The molecule has 0 fully saturated rings. The first-order chi connectivity index (χ1) is 15.2. The second-order valence-corrected chi connectivity index (χ2v) is 9.51. The first-order valence-electron chi connectivity index (χ1n) is 12.1. The molecule has 2 aliphatic rings. The van der Waals surface area contributed by atoms with E-state index < -0.39 is 0 Å². The average Bonchev–Trinajstić information content (AvgIpc) is 3.40. The van der Waals surface area contributed by atoms with Gasteiger partial charge in [0.15, 0.2) is 0 Å². The summed E-state index contributed by atoms with van der Waals surface area (Å²) in [6, 6.07) is 13.3. The van der Waals surface area contributed by atoms with Crippen molar-refractivity contribution in [2.24, 2.45) is 0 Å². The van der Waals surface area contributed by atoms with Crippen LogP contribution in [0.3, 0.4) is 0 Å². The van der Waals surface area contributed by atoms with Crippen LogP contribution in [0.4, 0.5) is 0 Å². The summed E-state index contributed by atoms with van der Waals surface area (Å²) >= 11 is 6.55. The Hall–Kier alpha value is -1.87. The van der Waals surface area contributed by atoms with Gasteiger partial charge in [-0.3, -0.25) is 0 Å². The fourth-order valence-electron chi connectivity index (χ4n) is 5.40. The molecule has 0 N–H and O–H groups in total. The molecule has 2 aromatic carbocycles. The van der Waals surface area contributed by atoms with E-state index in [9.17, 15) is 0 Å². The second-order valence-electron chi connectivity index (χ2n) is 9.07. The molecule has 0 spiro atoms. The van der Waals surface area contributed by atoms with E-state index in [4.69, 9.17) is 20.9 Å². The Balaban J connectivity index is 1.76. The minimum absolute atomic E-state index is 0.0269. The monoisotopic (exact) mass is 436 g/mol. The van der Waals surface area contributed by atoms with Crippen LogP contribution in [0.2, 0.25) is 5.02 Å². The zero-order chi connectivity index (χ0) is 21.7. The number of benzene rings is 2. The lowest BCUT2D eigenvalue weighted by molar-refractivity contribution is 0.400. The molecule has 0 saturated heterocycles. The van der Waals surface area contributed by atoms with Gasteiger partial charge >= 0.3 is 7.12 Å². The Kier molecular flexibility index (Phi) is 7.33. The van der Waals surface area contributed by atoms with Crippen LogP contribution in [0.25, 0.3) is 11.1 Å². The van der Waals surface area contributed by atoms with Crippen LogP contribution in [0.5, 0.6) is 0 Å². The van der Waals surface area contributed by atoms with Crippen molar-refractivity contribution in [2.45, 2.75) is 83.5 Å². The maximum absolute atomic E-state index is 6.55. The third-order valence-corrected chi connectivity index (χ3v) is 7.23. The van der Waals surface area contributed by atoms with Crippen molar-refractivity contribution in [3.05, 3.63) is 65.1 Å². The van der Waals surface area contributed by atoms with Gasteiger partial charge in [-0.1, -0.05) is 101 Å². The van der Waals surface area contributed by atoms with Crippen molar-refractivity contribution in [1.82, 2.24) is 0 Å². The molecule has 1 aliphatic heterocycles. The Morgan fingerprint density at radius 2 is 1.32 bits per heavy atom. The van der Waals surface area contributed by atoms with Crippen LogP contribution in [0, 0.1) is 0 Å². The molecule has 31 heavy (non-hydrogen) atoms. The fourth-order valence-corrected chi connectivity index (χ4v) is 5.57. The number of fused-ring (bicyclic) bond motifs is 3. The highest BCUT2D eigenvalue weighted by Gasteiger charge is 2.43. The van der Waals surface area contributed by atoms with E-state index in [1.54, 1.807) is 12.5 Å². The minimum atomic E-state index is -0.338. The summed E-state index contributed by atoms with van der Waals surface area (Å²) < 4.78 is 11.3. The van der Waals surface area contributed by atoms with E-state index in [1.165, 1.54) is 86.5 Å². The van der Waals surface area contributed by atoms with Crippen LogP contribution < -0.4 is 5.46 Å². The lowest BCUT2D eigenvalue weighted by atomic mass is 9.68. The molecule has 0 radical (unpaired) electrons. The number of hydrogen-bond acceptors (Lipinski definition) is 2. The summed E-state index contributed by atoms with van der Waals surface area (Å²) in [6.45, 7) is 4.56. The first kappa shape index (κ1) is 22.3. The van der Waals surface area contributed by atoms with Crippen molar-refractivity contribution in [3.8, 4) is 11.1 Å². The molecule has 1 heterocycles. The summed E-state index contributed by atoms with van der Waals surface area (Å²) in [5.41, 5.74) is 6.68. The van der Waals surface area contributed by atoms with Gasteiger partial charge in [-0.25, -0.2) is 0 Å². The van der Waals surface area contributed by atoms with Gasteiger partial charge in [-0.15, -0.1) is 0 Å². The standard InChI is InChI=1S/C27H34BClO2/c1-3-5-7-9-15-27(16-10-8-6-4-2)25-19-21(28-30-17-18-31-28)11-13-23(25)24-14-12-22(29)20-26(24)27/h11-14,17-20H,3-10,15-16H2,1-2H3. The molecule has 1 aliphatic carbocycles.